The van der Waals surface area contributed by atoms with Crippen LogP contribution in [0.3, 0.4) is 0 Å². The maximum Gasteiger partial charge on any atom is 0.258 e. The lowest BCUT2D eigenvalue weighted by Gasteiger charge is -2.26. The Hall–Kier alpha value is -2.58. The van der Waals surface area contributed by atoms with E-state index in [2.05, 4.69) is 20.2 Å². The number of carbonyl (C=O) groups is 1. The van der Waals surface area contributed by atoms with Crippen molar-refractivity contribution in [3.63, 3.8) is 0 Å². The van der Waals surface area contributed by atoms with Crippen molar-refractivity contribution in [2.75, 3.05) is 31.7 Å². The first-order valence-electron chi connectivity index (χ1n) is 12.1. The SMILES string of the molecule is COc1ccc(CCOc2nc(N3C[C@@H]4C[C@H]4C3)ncc2C(=O)NC2CCC(O)CC2)cc1Cl. The van der Waals surface area contributed by atoms with E-state index in [1.807, 2.05) is 18.2 Å². The lowest BCUT2D eigenvalue weighted by molar-refractivity contribution is 0.0863. The molecule has 2 saturated carbocycles. The Morgan fingerprint density at radius 2 is 2.00 bits per heavy atom. The Balaban J connectivity index is 1.29. The first-order chi connectivity index (χ1) is 16.5. The van der Waals surface area contributed by atoms with Crippen LogP contribution in [0.2, 0.25) is 5.02 Å². The molecule has 182 valence electrons. The number of halogens is 1. The molecule has 1 aromatic heterocycles. The summed E-state index contributed by atoms with van der Waals surface area (Å²) >= 11 is 6.24. The number of rotatable bonds is 8. The van der Waals surface area contributed by atoms with E-state index in [0.717, 1.165) is 43.3 Å². The van der Waals surface area contributed by atoms with Gasteiger partial charge in [-0.05, 0) is 61.6 Å². The van der Waals surface area contributed by atoms with Crippen LogP contribution in [0.5, 0.6) is 11.6 Å². The first kappa shape index (κ1) is 23.2. The van der Waals surface area contributed by atoms with E-state index in [1.54, 1.807) is 13.3 Å². The second-order valence-electron chi connectivity index (χ2n) is 9.60. The summed E-state index contributed by atoms with van der Waals surface area (Å²) in [7, 11) is 1.59. The molecule has 34 heavy (non-hydrogen) atoms. The third kappa shape index (κ3) is 5.23. The van der Waals surface area contributed by atoms with Crippen LogP contribution in [0.25, 0.3) is 0 Å². The normalized spacial score (nSPS) is 25.6. The molecule has 0 unspecified atom stereocenters. The molecule has 1 saturated heterocycles. The van der Waals surface area contributed by atoms with Crippen molar-refractivity contribution >= 4 is 23.5 Å². The molecule has 8 nitrogen and oxygen atoms in total. The summed E-state index contributed by atoms with van der Waals surface area (Å²) in [6, 6.07) is 5.67. The van der Waals surface area contributed by atoms with E-state index in [4.69, 9.17) is 21.1 Å². The zero-order valence-electron chi connectivity index (χ0n) is 19.4. The molecule has 3 aliphatic rings. The van der Waals surface area contributed by atoms with Crippen molar-refractivity contribution in [3.8, 4) is 11.6 Å². The Kier molecular flexibility index (Phi) is 6.79. The molecule has 0 radical (unpaired) electrons. The molecule has 1 aliphatic heterocycles. The number of fused-ring (bicyclic) bond motifs is 1. The van der Waals surface area contributed by atoms with Gasteiger partial charge in [0.1, 0.15) is 11.3 Å². The van der Waals surface area contributed by atoms with Crippen LogP contribution >= 0.6 is 11.6 Å². The highest BCUT2D eigenvalue weighted by Crippen LogP contribution is 2.45. The van der Waals surface area contributed by atoms with Gasteiger partial charge in [-0.25, -0.2) is 4.98 Å². The number of carbonyl (C=O) groups excluding carboxylic acids is 1. The van der Waals surface area contributed by atoms with Gasteiger partial charge in [-0.15, -0.1) is 0 Å². The van der Waals surface area contributed by atoms with Gasteiger partial charge >= 0.3 is 0 Å². The van der Waals surface area contributed by atoms with E-state index in [0.29, 0.717) is 54.0 Å². The Bertz CT molecular complexity index is 1030. The standard InChI is InChI=1S/C25H31ClN4O4/c1-33-22-7-2-15(10-21(22)26)8-9-34-24-20(23(32)28-18-3-5-19(31)6-4-18)12-27-25(29-24)30-13-16-11-17(16)14-30/h2,7,10,12,16-19,31H,3-6,8-9,11,13-14H2,1H3,(H,28,32)/t16-,17-,18?,19?/m0/s1. The van der Waals surface area contributed by atoms with Crippen LogP contribution in [0.4, 0.5) is 5.95 Å². The number of piperidine rings is 1. The average molecular weight is 487 g/mol. The maximum atomic E-state index is 13.1. The highest BCUT2D eigenvalue weighted by molar-refractivity contribution is 6.32. The Morgan fingerprint density at radius 1 is 1.24 bits per heavy atom. The van der Waals surface area contributed by atoms with Gasteiger partial charge in [0.25, 0.3) is 5.91 Å². The number of hydrogen-bond acceptors (Lipinski definition) is 7. The molecule has 2 atom stereocenters. The summed E-state index contributed by atoms with van der Waals surface area (Å²) in [5.74, 6) is 2.81. The van der Waals surface area contributed by atoms with E-state index >= 15 is 0 Å². The van der Waals surface area contributed by atoms with Gasteiger partial charge in [0.2, 0.25) is 11.8 Å². The molecule has 1 amide bonds. The van der Waals surface area contributed by atoms with Gasteiger partial charge in [-0.2, -0.15) is 4.98 Å². The molecule has 2 aliphatic carbocycles. The number of methoxy groups -OCH3 is 1. The minimum atomic E-state index is -0.271. The smallest absolute Gasteiger partial charge is 0.258 e. The maximum absolute atomic E-state index is 13.1. The summed E-state index contributed by atoms with van der Waals surface area (Å²) in [5.41, 5.74) is 1.35. The number of aromatic nitrogens is 2. The monoisotopic (exact) mass is 486 g/mol. The number of amides is 1. The highest BCUT2D eigenvalue weighted by atomic mass is 35.5. The molecule has 9 heteroatoms. The second-order valence-corrected chi connectivity index (χ2v) is 10.0. The quantitative estimate of drug-likeness (QED) is 0.591. The largest absolute Gasteiger partial charge is 0.495 e. The Morgan fingerprint density at radius 3 is 2.71 bits per heavy atom. The van der Waals surface area contributed by atoms with E-state index in [1.165, 1.54) is 6.42 Å². The number of aliphatic hydroxyl groups excluding tert-OH is 1. The van der Waals surface area contributed by atoms with Crippen LogP contribution in [0.15, 0.2) is 24.4 Å². The first-order valence-corrected chi connectivity index (χ1v) is 12.4. The van der Waals surface area contributed by atoms with Crippen LogP contribution in [0.1, 0.15) is 48.0 Å². The topological polar surface area (TPSA) is 96.8 Å². The molecule has 2 heterocycles. The van der Waals surface area contributed by atoms with E-state index in [9.17, 15) is 9.90 Å². The van der Waals surface area contributed by atoms with Gasteiger partial charge < -0.3 is 24.8 Å². The van der Waals surface area contributed by atoms with E-state index in [-0.39, 0.29) is 18.1 Å². The number of nitrogens with one attached hydrogen (secondary N) is 1. The third-order valence-corrected chi connectivity index (χ3v) is 7.42. The van der Waals surface area contributed by atoms with Gasteiger partial charge in [0, 0.05) is 31.7 Å². The fourth-order valence-electron chi connectivity index (χ4n) is 4.95. The molecular formula is C25H31ClN4O4. The van der Waals surface area contributed by atoms with Crippen molar-refractivity contribution in [1.29, 1.82) is 0 Å². The average Bonchev–Trinajstić information content (AvgIpc) is 3.45. The summed E-state index contributed by atoms with van der Waals surface area (Å²) in [5, 5.41) is 13.4. The van der Waals surface area contributed by atoms with Crippen LogP contribution < -0.4 is 19.7 Å². The molecule has 2 N–H and O–H groups in total. The van der Waals surface area contributed by atoms with Crippen LogP contribution in [0, 0.1) is 11.8 Å². The van der Waals surface area contributed by atoms with Gasteiger partial charge in [-0.1, -0.05) is 17.7 Å². The second kappa shape index (κ2) is 9.96. The van der Waals surface area contributed by atoms with Crippen molar-refractivity contribution < 1.29 is 19.4 Å². The number of ether oxygens (including phenoxy) is 2. The number of anilines is 1. The van der Waals surface area contributed by atoms with Gasteiger partial charge in [0.15, 0.2) is 0 Å². The lowest BCUT2D eigenvalue weighted by Crippen LogP contribution is -2.39. The molecular weight excluding hydrogens is 456 g/mol. The van der Waals surface area contributed by atoms with Crippen LogP contribution in [-0.2, 0) is 6.42 Å². The fourth-order valence-corrected chi connectivity index (χ4v) is 5.23. The minimum absolute atomic E-state index is 0.0376. The minimum Gasteiger partial charge on any atom is -0.495 e. The molecule has 1 aromatic carbocycles. The predicted octanol–water partition coefficient (Wildman–Crippen LogP) is 3.25. The van der Waals surface area contributed by atoms with E-state index < -0.39 is 0 Å². The number of benzene rings is 1. The summed E-state index contributed by atoms with van der Waals surface area (Å²) in [4.78, 5) is 24.4. The van der Waals surface area contributed by atoms with Crippen molar-refractivity contribution in [2.24, 2.45) is 11.8 Å². The lowest BCUT2D eigenvalue weighted by atomic mass is 9.93. The summed E-state index contributed by atoms with van der Waals surface area (Å²) in [6.45, 7) is 2.27. The highest BCUT2D eigenvalue weighted by Gasteiger charge is 2.46. The van der Waals surface area contributed by atoms with Crippen molar-refractivity contribution in [2.45, 2.75) is 50.7 Å². The van der Waals surface area contributed by atoms with Crippen LogP contribution in [-0.4, -0.2) is 59.9 Å². The van der Waals surface area contributed by atoms with Gasteiger partial charge in [-0.3, -0.25) is 4.79 Å². The predicted molar refractivity (Wildman–Crippen MR) is 129 cm³/mol. The van der Waals surface area contributed by atoms with Gasteiger partial charge in [0.05, 0.1) is 24.8 Å². The summed E-state index contributed by atoms with van der Waals surface area (Å²) < 4.78 is 11.3. The molecule has 0 spiro atoms. The number of nitrogens with zero attached hydrogens (tertiary/aromatic N) is 3. The fraction of sp³-hybridized carbons (Fsp3) is 0.560. The zero-order valence-corrected chi connectivity index (χ0v) is 20.1. The molecule has 0 bridgehead atoms. The number of aliphatic hydroxyl groups is 1. The Labute approximate surface area is 204 Å². The molecule has 5 rings (SSSR count). The summed E-state index contributed by atoms with van der Waals surface area (Å²) in [6.07, 6.45) is 6.13. The van der Waals surface area contributed by atoms with Crippen molar-refractivity contribution in [1.82, 2.24) is 15.3 Å². The zero-order chi connectivity index (χ0) is 23.7. The third-order valence-electron chi connectivity index (χ3n) is 7.13. The molecule has 2 aromatic rings. The number of hydrogen-bond donors (Lipinski definition) is 2. The molecule has 3 fully saturated rings. The van der Waals surface area contributed by atoms with Crippen molar-refractivity contribution in [3.05, 3.63) is 40.5 Å².